The van der Waals surface area contributed by atoms with Crippen molar-refractivity contribution < 1.29 is 17.9 Å². The molecule has 24 heavy (non-hydrogen) atoms. The molecule has 0 atom stereocenters. The van der Waals surface area contributed by atoms with Crippen molar-refractivity contribution in [3.63, 3.8) is 0 Å². The minimum absolute atomic E-state index is 0.101. The quantitative estimate of drug-likeness (QED) is 0.792. The molecule has 0 amide bonds. The average Bonchev–Trinajstić information content (AvgIpc) is 2.52. The highest BCUT2D eigenvalue weighted by Crippen LogP contribution is 2.31. The lowest BCUT2D eigenvalue weighted by Crippen LogP contribution is -2.14. The summed E-state index contributed by atoms with van der Waals surface area (Å²) in [7, 11) is -3.75. The van der Waals surface area contributed by atoms with E-state index in [1.54, 1.807) is 31.2 Å². The van der Waals surface area contributed by atoms with Crippen LogP contribution in [0.5, 0.6) is 11.5 Å². The molecule has 0 heterocycles. The largest absolute Gasteiger partial charge is 0.490 e. The molecule has 0 aliphatic carbocycles. The smallest absolute Gasteiger partial charge is 0.262 e. The molecule has 0 aromatic heterocycles. The van der Waals surface area contributed by atoms with E-state index in [-0.39, 0.29) is 4.90 Å². The Morgan fingerprint density at radius 2 is 1.67 bits per heavy atom. The van der Waals surface area contributed by atoms with Crippen molar-refractivity contribution in [3.05, 3.63) is 47.0 Å². The topological polar surface area (TPSA) is 64.6 Å². The highest BCUT2D eigenvalue weighted by molar-refractivity contribution is 7.92. The SMILES string of the molecule is CCOc1ccc(S(=O)(=O)Nc2ccc(Cl)cc2C)cc1OCC. The summed E-state index contributed by atoms with van der Waals surface area (Å²) in [6.45, 7) is 6.34. The van der Waals surface area contributed by atoms with Gasteiger partial charge >= 0.3 is 0 Å². The average molecular weight is 370 g/mol. The van der Waals surface area contributed by atoms with E-state index in [0.717, 1.165) is 5.56 Å². The van der Waals surface area contributed by atoms with Crippen LogP contribution in [0.3, 0.4) is 0 Å². The van der Waals surface area contributed by atoms with Crippen molar-refractivity contribution in [2.24, 2.45) is 0 Å². The molecule has 130 valence electrons. The van der Waals surface area contributed by atoms with Crippen molar-refractivity contribution in [3.8, 4) is 11.5 Å². The molecule has 2 aromatic rings. The molecule has 0 fully saturated rings. The van der Waals surface area contributed by atoms with Gasteiger partial charge in [-0.3, -0.25) is 4.72 Å². The Balaban J connectivity index is 2.36. The van der Waals surface area contributed by atoms with Gasteiger partial charge in [0, 0.05) is 11.1 Å². The first-order valence-electron chi connectivity index (χ1n) is 7.56. The predicted octanol–water partition coefficient (Wildman–Crippen LogP) is 4.25. The molecule has 2 rings (SSSR count). The number of rotatable bonds is 7. The van der Waals surface area contributed by atoms with Gasteiger partial charge in [0.05, 0.1) is 23.8 Å². The Morgan fingerprint density at radius 1 is 1.00 bits per heavy atom. The van der Waals surface area contributed by atoms with E-state index in [9.17, 15) is 8.42 Å². The molecule has 0 aliphatic rings. The first-order valence-corrected chi connectivity index (χ1v) is 9.42. The van der Waals surface area contributed by atoms with E-state index in [1.807, 2.05) is 13.8 Å². The van der Waals surface area contributed by atoms with Crippen LogP contribution in [0, 0.1) is 6.92 Å². The molecule has 0 spiro atoms. The summed E-state index contributed by atoms with van der Waals surface area (Å²) in [5.74, 6) is 0.913. The number of benzene rings is 2. The van der Waals surface area contributed by atoms with Gasteiger partial charge in [0.15, 0.2) is 11.5 Å². The zero-order valence-corrected chi connectivity index (χ0v) is 15.4. The van der Waals surface area contributed by atoms with E-state index in [0.29, 0.717) is 35.4 Å². The normalized spacial score (nSPS) is 11.2. The molecule has 5 nitrogen and oxygen atoms in total. The Bertz CT molecular complexity index is 821. The lowest BCUT2D eigenvalue weighted by molar-refractivity contribution is 0.287. The maximum absolute atomic E-state index is 12.6. The van der Waals surface area contributed by atoms with Gasteiger partial charge in [-0.2, -0.15) is 0 Å². The number of nitrogens with one attached hydrogen (secondary N) is 1. The van der Waals surface area contributed by atoms with Crippen molar-refractivity contribution in [1.82, 2.24) is 0 Å². The summed E-state index contributed by atoms with van der Waals surface area (Å²) in [6.07, 6.45) is 0. The van der Waals surface area contributed by atoms with Crippen LogP contribution in [0.15, 0.2) is 41.3 Å². The minimum atomic E-state index is -3.75. The molecule has 0 aliphatic heterocycles. The molecule has 2 aromatic carbocycles. The number of hydrogen-bond donors (Lipinski definition) is 1. The molecule has 0 saturated carbocycles. The number of aryl methyl sites for hydroxylation is 1. The molecule has 0 radical (unpaired) electrons. The molecule has 1 N–H and O–H groups in total. The summed E-state index contributed by atoms with van der Waals surface area (Å²) in [5.41, 5.74) is 1.22. The van der Waals surface area contributed by atoms with Crippen molar-refractivity contribution >= 4 is 27.3 Å². The maximum atomic E-state index is 12.6. The van der Waals surface area contributed by atoms with Crippen LogP contribution < -0.4 is 14.2 Å². The minimum Gasteiger partial charge on any atom is -0.490 e. The monoisotopic (exact) mass is 369 g/mol. The van der Waals surface area contributed by atoms with Crippen molar-refractivity contribution in [1.29, 1.82) is 0 Å². The zero-order chi connectivity index (χ0) is 17.7. The third kappa shape index (κ3) is 4.33. The first-order chi connectivity index (χ1) is 11.4. The molecular formula is C17H20ClNO4S. The fourth-order valence-electron chi connectivity index (χ4n) is 2.14. The second-order valence-corrected chi connectivity index (χ2v) is 7.16. The van der Waals surface area contributed by atoms with Crippen molar-refractivity contribution in [2.75, 3.05) is 17.9 Å². The zero-order valence-electron chi connectivity index (χ0n) is 13.8. The van der Waals surface area contributed by atoms with E-state index in [4.69, 9.17) is 21.1 Å². The van der Waals surface area contributed by atoms with Gasteiger partial charge < -0.3 is 9.47 Å². The molecule has 0 saturated heterocycles. The van der Waals surface area contributed by atoms with E-state index < -0.39 is 10.0 Å². The third-order valence-corrected chi connectivity index (χ3v) is 4.86. The number of anilines is 1. The van der Waals surface area contributed by atoms with Crippen LogP contribution in [0.1, 0.15) is 19.4 Å². The van der Waals surface area contributed by atoms with Crippen LogP contribution >= 0.6 is 11.6 Å². The second-order valence-electron chi connectivity index (χ2n) is 5.04. The summed E-state index contributed by atoms with van der Waals surface area (Å²) in [4.78, 5) is 0.101. The van der Waals surface area contributed by atoms with Crippen molar-refractivity contribution in [2.45, 2.75) is 25.7 Å². The van der Waals surface area contributed by atoms with Crippen LogP contribution in [0.4, 0.5) is 5.69 Å². The standard InChI is InChI=1S/C17H20ClNO4S/c1-4-22-16-9-7-14(11-17(16)23-5-2)24(20,21)19-15-8-6-13(18)10-12(15)3/h6-11,19H,4-5H2,1-3H3. The van der Waals surface area contributed by atoms with Crippen LogP contribution in [-0.4, -0.2) is 21.6 Å². The molecule has 0 bridgehead atoms. The number of hydrogen-bond acceptors (Lipinski definition) is 4. The lowest BCUT2D eigenvalue weighted by Gasteiger charge is -2.14. The molecule has 7 heteroatoms. The van der Waals surface area contributed by atoms with Gasteiger partial charge in [-0.1, -0.05) is 11.6 Å². The Hall–Kier alpha value is -1.92. The van der Waals surface area contributed by atoms with Gasteiger partial charge in [0.25, 0.3) is 10.0 Å². The van der Waals surface area contributed by atoms with E-state index in [1.165, 1.54) is 12.1 Å². The third-order valence-electron chi connectivity index (χ3n) is 3.26. The predicted molar refractivity (Wildman–Crippen MR) is 95.8 cm³/mol. The van der Waals surface area contributed by atoms with Crippen LogP contribution in [-0.2, 0) is 10.0 Å². The van der Waals surface area contributed by atoms with Crippen LogP contribution in [0.2, 0.25) is 5.02 Å². The Labute approximate surface area is 147 Å². The van der Waals surface area contributed by atoms with Gasteiger partial charge in [-0.15, -0.1) is 0 Å². The highest BCUT2D eigenvalue weighted by atomic mass is 35.5. The van der Waals surface area contributed by atoms with Gasteiger partial charge in [-0.25, -0.2) is 8.42 Å². The Kier molecular flexibility index (Phi) is 5.96. The Morgan fingerprint density at radius 3 is 2.29 bits per heavy atom. The maximum Gasteiger partial charge on any atom is 0.262 e. The summed E-state index contributed by atoms with van der Waals surface area (Å²) in [5, 5.41) is 0.551. The van der Waals surface area contributed by atoms with E-state index in [2.05, 4.69) is 4.72 Å². The highest BCUT2D eigenvalue weighted by Gasteiger charge is 2.18. The number of halogens is 1. The van der Waals surface area contributed by atoms with Crippen LogP contribution in [0.25, 0.3) is 0 Å². The second kappa shape index (κ2) is 7.77. The summed E-state index contributed by atoms with van der Waals surface area (Å²) >= 11 is 5.90. The summed E-state index contributed by atoms with van der Waals surface area (Å²) in [6, 6.07) is 9.51. The number of sulfonamides is 1. The summed E-state index contributed by atoms with van der Waals surface area (Å²) < 4.78 is 38.7. The molecular weight excluding hydrogens is 350 g/mol. The van der Waals surface area contributed by atoms with Gasteiger partial charge in [0.1, 0.15) is 0 Å². The van der Waals surface area contributed by atoms with E-state index >= 15 is 0 Å². The number of ether oxygens (including phenoxy) is 2. The van der Waals surface area contributed by atoms with Gasteiger partial charge in [-0.05, 0) is 56.7 Å². The fraction of sp³-hybridized carbons (Fsp3) is 0.294. The fourth-order valence-corrected chi connectivity index (χ4v) is 3.52. The van der Waals surface area contributed by atoms with Gasteiger partial charge in [0.2, 0.25) is 0 Å². The molecule has 0 unspecified atom stereocenters. The first kappa shape index (κ1) is 18.4. The lowest BCUT2D eigenvalue weighted by atomic mass is 10.2.